The van der Waals surface area contributed by atoms with Gasteiger partial charge in [0.2, 0.25) is 5.91 Å². The van der Waals surface area contributed by atoms with Gasteiger partial charge in [0.15, 0.2) is 5.82 Å². The lowest BCUT2D eigenvalue weighted by atomic mass is 9.81. The molecule has 4 aromatic rings. The second kappa shape index (κ2) is 10.1. The van der Waals surface area contributed by atoms with E-state index in [0.717, 1.165) is 11.3 Å². The van der Waals surface area contributed by atoms with Crippen LogP contribution in [0.2, 0.25) is 0 Å². The number of hydrogen-bond acceptors (Lipinski definition) is 9. The molecule has 4 N–H and O–H groups in total. The van der Waals surface area contributed by atoms with Crippen molar-refractivity contribution in [3.05, 3.63) is 84.1 Å². The van der Waals surface area contributed by atoms with E-state index in [9.17, 15) is 9.90 Å². The van der Waals surface area contributed by atoms with Gasteiger partial charge in [-0.05, 0) is 48.9 Å². The van der Waals surface area contributed by atoms with Crippen LogP contribution < -0.4 is 16.0 Å². The molecular weight excluding hydrogens is 456 g/mol. The van der Waals surface area contributed by atoms with E-state index < -0.39 is 5.41 Å². The standard InChI is InChI=1S/C26H26N8O2/c1-17-4-2-7-20(30-17)24-29-11-9-22(34-24)32-21-8-10-28-23(33-21)13-18-5-3-6-19(12-18)31-25(36)26(16-35)14-27-15-26/h2-12,27,35H,13-16H2,1H3,(H,31,36)(H,28,29,32,33,34). The first kappa shape index (κ1) is 23.5. The first-order chi connectivity index (χ1) is 17.5. The lowest BCUT2D eigenvalue weighted by Gasteiger charge is -2.39. The van der Waals surface area contributed by atoms with Crippen LogP contribution in [0.3, 0.4) is 0 Å². The van der Waals surface area contributed by atoms with Crippen LogP contribution in [0.5, 0.6) is 0 Å². The third-order valence-electron chi connectivity index (χ3n) is 5.99. The first-order valence-electron chi connectivity index (χ1n) is 11.6. The average Bonchev–Trinajstić information content (AvgIpc) is 2.84. The van der Waals surface area contributed by atoms with Gasteiger partial charge in [0.05, 0.1) is 12.0 Å². The summed E-state index contributed by atoms with van der Waals surface area (Å²) >= 11 is 0. The number of carbonyl (C=O) groups is 1. The van der Waals surface area contributed by atoms with E-state index in [1.54, 1.807) is 24.5 Å². The van der Waals surface area contributed by atoms with Crippen LogP contribution in [-0.2, 0) is 11.2 Å². The fraction of sp³-hybridized carbons (Fsp3) is 0.231. The molecule has 10 heteroatoms. The number of nitrogens with one attached hydrogen (secondary N) is 3. The molecule has 0 aliphatic carbocycles. The molecule has 5 rings (SSSR count). The lowest BCUT2D eigenvalue weighted by molar-refractivity contribution is -0.131. The van der Waals surface area contributed by atoms with Crippen molar-refractivity contribution in [2.45, 2.75) is 13.3 Å². The summed E-state index contributed by atoms with van der Waals surface area (Å²) in [6.07, 6.45) is 3.85. The summed E-state index contributed by atoms with van der Waals surface area (Å²) < 4.78 is 0. The highest BCUT2D eigenvalue weighted by atomic mass is 16.3. The van der Waals surface area contributed by atoms with Crippen LogP contribution in [0.15, 0.2) is 67.0 Å². The van der Waals surface area contributed by atoms with Crippen LogP contribution in [0.1, 0.15) is 17.1 Å². The zero-order chi connectivity index (χ0) is 25.0. The Morgan fingerprint density at radius 1 is 1.00 bits per heavy atom. The number of aliphatic hydroxyl groups is 1. The maximum atomic E-state index is 12.6. The van der Waals surface area contributed by atoms with E-state index >= 15 is 0 Å². The van der Waals surface area contributed by atoms with Gasteiger partial charge in [-0.3, -0.25) is 4.79 Å². The van der Waals surface area contributed by atoms with Gasteiger partial charge in [0, 0.05) is 43.3 Å². The maximum absolute atomic E-state index is 12.6. The molecule has 1 aromatic carbocycles. The van der Waals surface area contributed by atoms with Gasteiger partial charge in [0.1, 0.15) is 23.2 Å². The molecule has 4 heterocycles. The Hall–Kier alpha value is -4.28. The van der Waals surface area contributed by atoms with E-state index in [2.05, 4.69) is 40.9 Å². The topological polar surface area (TPSA) is 138 Å². The van der Waals surface area contributed by atoms with Gasteiger partial charge >= 0.3 is 0 Å². The second-order valence-corrected chi connectivity index (χ2v) is 8.79. The maximum Gasteiger partial charge on any atom is 0.235 e. The van der Waals surface area contributed by atoms with E-state index in [1.165, 1.54) is 0 Å². The fourth-order valence-corrected chi connectivity index (χ4v) is 3.88. The molecule has 1 aliphatic heterocycles. The van der Waals surface area contributed by atoms with E-state index in [0.29, 0.717) is 54.2 Å². The Morgan fingerprint density at radius 3 is 2.53 bits per heavy atom. The molecule has 0 atom stereocenters. The third-order valence-corrected chi connectivity index (χ3v) is 5.99. The van der Waals surface area contributed by atoms with Crippen LogP contribution in [0.25, 0.3) is 11.5 Å². The molecule has 0 saturated carbocycles. The molecule has 0 radical (unpaired) electrons. The van der Waals surface area contributed by atoms with Gasteiger partial charge in [-0.1, -0.05) is 18.2 Å². The number of amides is 1. The normalized spacial score (nSPS) is 14.1. The van der Waals surface area contributed by atoms with Gasteiger partial charge in [-0.2, -0.15) is 0 Å². The van der Waals surface area contributed by atoms with Gasteiger partial charge in [-0.25, -0.2) is 24.9 Å². The Morgan fingerprint density at radius 2 is 1.78 bits per heavy atom. The van der Waals surface area contributed by atoms with Crippen molar-refractivity contribution in [3.8, 4) is 11.5 Å². The summed E-state index contributed by atoms with van der Waals surface area (Å²) in [5, 5.41) is 18.8. The molecule has 1 saturated heterocycles. The molecule has 1 fully saturated rings. The molecule has 182 valence electrons. The van der Waals surface area contributed by atoms with Crippen molar-refractivity contribution in [1.29, 1.82) is 0 Å². The number of anilines is 3. The molecule has 0 spiro atoms. The zero-order valence-electron chi connectivity index (χ0n) is 19.8. The number of carbonyl (C=O) groups excluding carboxylic acids is 1. The molecule has 10 nitrogen and oxygen atoms in total. The Labute approximate surface area is 208 Å². The molecule has 0 bridgehead atoms. The molecule has 36 heavy (non-hydrogen) atoms. The molecule has 3 aromatic heterocycles. The molecule has 1 aliphatic rings. The lowest BCUT2D eigenvalue weighted by Crippen LogP contribution is -2.62. The number of hydrogen-bond donors (Lipinski definition) is 4. The van der Waals surface area contributed by atoms with Crippen LogP contribution in [0.4, 0.5) is 17.3 Å². The highest BCUT2D eigenvalue weighted by Crippen LogP contribution is 2.25. The average molecular weight is 483 g/mol. The highest BCUT2D eigenvalue weighted by molar-refractivity contribution is 5.96. The number of aliphatic hydroxyl groups excluding tert-OH is 1. The van der Waals surface area contributed by atoms with Gasteiger partial charge in [-0.15, -0.1) is 0 Å². The minimum Gasteiger partial charge on any atom is -0.395 e. The van der Waals surface area contributed by atoms with E-state index in [1.807, 2.05) is 49.4 Å². The van der Waals surface area contributed by atoms with Gasteiger partial charge < -0.3 is 21.1 Å². The summed E-state index contributed by atoms with van der Waals surface area (Å²) in [5.74, 6) is 2.16. The minimum absolute atomic E-state index is 0.186. The summed E-state index contributed by atoms with van der Waals surface area (Å²) in [6.45, 7) is 2.68. The Bertz CT molecular complexity index is 1380. The number of nitrogens with zero attached hydrogens (tertiary/aromatic N) is 5. The predicted octanol–water partition coefficient (Wildman–Crippen LogP) is 2.49. The third kappa shape index (κ3) is 5.19. The Balaban J connectivity index is 1.27. The molecular formula is C26H26N8O2. The summed E-state index contributed by atoms with van der Waals surface area (Å²) in [5.41, 5.74) is 2.46. The monoisotopic (exact) mass is 482 g/mol. The largest absolute Gasteiger partial charge is 0.395 e. The number of benzene rings is 1. The van der Waals surface area contributed by atoms with Crippen molar-refractivity contribution in [2.24, 2.45) is 5.41 Å². The van der Waals surface area contributed by atoms with E-state index in [-0.39, 0.29) is 12.5 Å². The van der Waals surface area contributed by atoms with Crippen molar-refractivity contribution < 1.29 is 9.90 Å². The van der Waals surface area contributed by atoms with Crippen LogP contribution in [0, 0.1) is 12.3 Å². The zero-order valence-corrected chi connectivity index (χ0v) is 19.8. The minimum atomic E-state index is -0.755. The summed E-state index contributed by atoms with van der Waals surface area (Å²) in [4.78, 5) is 35.0. The number of rotatable bonds is 8. The fourth-order valence-electron chi connectivity index (χ4n) is 3.88. The number of pyridine rings is 1. The quantitative estimate of drug-likeness (QED) is 0.298. The smallest absolute Gasteiger partial charge is 0.235 e. The van der Waals surface area contributed by atoms with Crippen molar-refractivity contribution in [1.82, 2.24) is 30.2 Å². The summed E-state index contributed by atoms with van der Waals surface area (Å²) in [7, 11) is 0. The van der Waals surface area contributed by atoms with Crippen molar-refractivity contribution in [2.75, 3.05) is 30.3 Å². The first-order valence-corrected chi connectivity index (χ1v) is 11.6. The number of aryl methyl sites for hydroxylation is 1. The Kier molecular flexibility index (Phi) is 6.61. The van der Waals surface area contributed by atoms with Crippen LogP contribution in [-0.4, -0.2) is 55.6 Å². The highest BCUT2D eigenvalue weighted by Gasteiger charge is 2.43. The molecule has 1 amide bonds. The van der Waals surface area contributed by atoms with Crippen LogP contribution >= 0.6 is 0 Å². The SMILES string of the molecule is Cc1cccc(-c2nccc(Nc3ccnc(Cc4cccc(NC(=O)C5(CO)CNC5)c4)n3)n2)n1. The molecule has 0 unspecified atom stereocenters. The second-order valence-electron chi connectivity index (χ2n) is 8.79. The summed E-state index contributed by atoms with van der Waals surface area (Å²) in [6, 6.07) is 16.8. The number of aromatic nitrogens is 5. The van der Waals surface area contributed by atoms with Gasteiger partial charge in [0.25, 0.3) is 0 Å². The van der Waals surface area contributed by atoms with Crippen molar-refractivity contribution in [3.63, 3.8) is 0 Å². The van der Waals surface area contributed by atoms with Crippen molar-refractivity contribution >= 4 is 23.2 Å². The van der Waals surface area contributed by atoms with E-state index in [4.69, 9.17) is 0 Å². The predicted molar refractivity (Wildman–Crippen MR) is 136 cm³/mol.